The number of aromatic carboxylic acids is 1. The summed E-state index contributed by atoms with van der Waals surface area (Å²) in [5.74, 6) is -1.68. The van der Waals surface area contributed by atoms with Crippen LogP contribution in [0.2, 0.25) is 0 Å². The second kappa shape index (κ2) is 5.78. The van der Waals surface area contributed by atoms with Crippen LogP contribution in [0.1, 0.15) is 20.8 Å². The number of nitrogens with one attached hydrogen (secondary N) is 2. The molecular formula is C11H11N5O4. The zero-order valence-corrected chi connectivity index (χ0v) is 10.2. The van der Waals surface area contributed by atoms with Crippen molar-refractivity contribution < 1.29 is 14.7 Å². The fourth-order valence-electron chi connectivity index (χ4n) is 1.49. The minimum absolute atomic E-state index is 0.0114. The fourth-order valence-corrected chi connectivity index (χ4v) is 1.49. The van der Waals surface area contributed by atoms with Crippen LogP contribution in [-0.4, -0.2) is 43.5 Å². The van der Waals surface area contributed by atoms with Crippen molar-refractivity contribution in [3.8, 4) is 0 Å². The molecule has 0 saturated carbocycles. The smallest absolute Gasteiger partial charge is 0.358 e. The van der Waals surface area contributed by atoms with Gasteiger partial charge in [0.05, 0.1) is 12.7 Å². The van der Waals surface area contributed by atoms with Crippen LogP contribution in [0, 0.1) is 0 Å². The maximum absolute atomic E-state index is 11.7. The van der Waals surface area contributed by atoms with Crippen LogP contribution in [0.3, 0.4) is 0 Å². The average molecular weight is 277 g/mol. The van der Waals surface area contributed by atoms with Gasteiger partial charge < -0.3 is 15.4 Å². The van der Waals surface area contributed by atoms with E-state index in [9.17, 15) is 14.4 Å². The van der Waals surface area contributed by atoms with E-state index in [-0.39, 0.29) is 24.3 Å². The molecule has 0 bridgehead atoms. The highest BCUT2D eigenvalue weighted by atomic mass is 16.4. The number of H-pyrrole nitrogens is 1. The molecule has 0 aliphatic heterocycles. The summed E-state index contributed by atoms with van der Waals surface area (Å²) in [5.41, 5.74) is -0.632. The van der Waals surface area contributed by atoms with Crippen LogP contribution in [0.5, 0.6) is 0 Å². The van der Waals surface area contributed by atoms with Crippen LogP contribution in [-0.2, 0) is 6.54 Å². The van der Waals surface area contributed by atoms with Gasteiger partial charge in [0.15, 0.2) is 5.69 Å². The molecule has 9 nitrogen and oxygen atoms in total. The van der Waals surface area contributed by atoms with Gasteiger partial charge in [-0.25, -0.2) is 9.48 Å². The summed E-state index contributed by atoms with van der Waals surface area (Å²) < 4.78 is 1.29. The maximum Gasteiger partial charge on any atom is 0.358 e. The Morgan fingerprint density at radius 3 is 2.90 bits per heavy atom. The van der Waals surface area contributed by atoms with Crippen molar-refractivity contribution in [3.63, 3.8) is 0 Å². The molecule has 1 amide bonds. The molecule has 20 heavy (non-hydrogen) atoms. The van der Waals surface area contributed by atoms with Gasteiger partial charge >= 0.3 is 5.97 Å². The Morgan fingerprint density at radius 2 is 2.25 bits per heavy atom. The Labute approximate surface area is 112 Å². The van der Waals surface area contributed by atoms with Crippen LogP contribution in [0.15, 0.2) is 29.3 Å². The molecule has 2 aromatic rings. The predicted molar refractivity (Wildman–Crippen MR) is 66.4 cm³/mol. The molecule has 0 radical (unpaired) electrons. The molecule has 104 valence electrons. The number of carboxylic acids is 1. The minimum atomic E-state index is -1.17. The lowest BCUT2D eigenvalue weighted by molar-refractivity contribution is 0.0690. The van der Waals surface area contributed by atoms with Gasteiger partial charge in [-0.2, -0.15) is 0 Å². The number of carbonyl (C=O) groups excluding carboxylic acids is 1. The molecule has 2 rings (SSSR count). The highest BCUT2D eigenvalue weighted by Gasteiger charge is 2.10. The zero-order valence-electron chi connectivity index (χ0n) is 10.2. The largest absolute Gasteiger partial charge is 0.476 e. The number of pyridine rings is 1. The van der Waals surface area contributed by atoms with Crippen molar-refractivity contribution in [1.29, 1.82) is 0 Å². The molecule has 0 unspecified atom stereocenters. The Hall–Kier alpha value is -2.97. The van der Waals surface area contributed by atoms with E-state index in [2.05, 4.69) is 20.6 Å². The molecule has 0 fully saturated rings. The van der Waals surface area contributed by atoms with Gasteiger partial charge in [-0.05, 0) is 12.1 Å². The summed E-state index contributed by atoms with van der Waals surface area (Å²) in [6.07, 6.45) is 2.69. The molecular weight excluding hydrogens is 266 g/mol. The first-order chi connectivity index (χ1) is 9.58. The van der Waals surface area contributed by atoms with E-state index in [1.165, 1.54) is 23.1 Å². The summed E-state index contributed by atoms with van der Waals surface area (Å²) in [6, 6.07) is 2.96. The highest BCUT2D eigenvalue weighted by Crippen LogP contribution is 1.93. The van der Waals surface area contributed by atoms with Crippen molar-refractivity contribution >= 4 is 11.9 Å². The topological polar surface area (TPSA) is 130 Å². The third kappa shape index (κ3) is 3.07. The van der Waals surface area contributed by atoms with E-state index in [1.54, 1.807) is 6.07 Å². The van der Waals surface area contributed by atoms with Crippen LogP contribution < -0.4 is 10.9 Å². The van der Waals surface area contributed by atoms with Gasteiger partial charge in [-0.15, -0.1) is 5.10 Å². The van der Waals surface area contributed by atoms with Crippen molar-refractivity contribution in [2.24, 2.45) is 0 Å². The molecule has 0 aromatic carbocycles. The Kier molecular flexibility index (Phi) is 3.89. The summed E-state index contributed by atoms with van der Waals surface area (Å²) in [4.78, 5) is 36.1. The molecule has 0 saturated heterocycles. The van der Waals surface area contributed by atoms with E-state index in [0.29, 0.717) is 0 Å². The SMILES string of the molecule is O=C(O)c1cn(CCNC(=O)c2ccc[nH]c2=O)nn1. The third-order valence-electron chi connectivity index (χ3n) is 2.45. The van der Waals surface area contributed by atoms with E-state index >= 15 is 0 Å². The molecule has 0 atom stereocenters. The molecule has 0 aliphatic rings. The number of hydrogen-bond acceptors (Lipinski definition) is 5. The fraction of sp³-hybridized carbons (Fsp3) is 0.182. The van der Waals surface area contributed by atoms with Gasteiger partial charge in [0.25, 0.3) is 11.5 Å². The number of carbonyl (C=O) groups is 2. The maximum atomic E-state index is 11.7. The minimum Gasteiger partial charge on any atom is -0.476 e. The van der Waals surface area contributed by atoms with E-state index < -0.39 is 17.4 Å². The zero-order chi connectivity index (χ0) is 14.5. The first-order valence-corrected chi connectivity index (χ1v) is 5.67. The molecule has 2 heterocycles. The lowest BCUT2D eigenvalue weighted by Crippen LogP contribution is -2.31. The normalized spacial score (nSPS) is 10.2. The Morgan fingerprint density at radius 1 is 1.45 bits per heavy atom. The van der Waals surface area contributed by atoms with Crippen molar-refractivity contribution in [2.75, 3.05) is 6.54 Å². The Balaban J connectivity index is 1.89. The van der Waals surface area contributed by atoms with Crippen LogP contribution >= 0.6 is 0 Å². The van der Waals surface area contributed by atoms with E-state index in [0.717, 1.165) is 0 Å². The molecule has 2 aromatic heterocycles. The van der Waals surface area contributed by atoms with E-state index in [1.807, 2.05) is 0 Å². The van der Waals surface area contributed by atoms with Gasteiger partial charge in [0.1, 0.15) is 5.56 Å². The van der Waals surface area contributed by atoms with Gasteiger partial charge in [0, 0.05) is 12.7 Å². The van der Waals surface area contributed by atoms with E-state index in [4.69, 9.17) is 5.11 Å². The highest BCUT2D eigenvalue weighted by molar-refractivity contribution is 5.93. The third-order valence-corrected chi connectivity index (χ3v) is 2.45. The Bertz CT molecular complexity index is 690. The number of nitrogens with zero attached hydrogens (tertiary/aromatic N) is 3. The van der Waals surface area contributed by atoms with Gasteiger partial charge in [0.2, 0.25) is 0 Å². The van der Waals surface area contributed by atoms with Crippen molar-refractivity contribution in [1.82, 2.24) is 25.3 Å². The van der Waals surface area contributed by atoms with Crippen molar-refractivity contribution in [2.45, 2.75) is 6.54 Å². The summed E-state index contributed by atoms with van der Waals surface area (Å²) in [6.45, 7) is 0.437. The van der Waals surface area contributed by atoms with Gasteiger partial charge in [-0.1, -0.05) is 5.21 Å². The quantitative estimate of drug-likeness (QED) is 0.649. The number of rotatable bonds is 5. The van der Waals surface area contributed by atoms with Crippen molar-refractivity contribution in [3.05, 3.63) is 46.1 Å². The lowest BCUT2D eigenvalue weighted by atomic mass is 10.2. The van der Waals surface area contributed by atoms with Crippen LogP contribution in [0.25, 0.3) is 0 Å². The molecule has 3 N–H and O–H groups in total. The second-order valence-corrected chi connectivity index (χ2v) is 3.84. The number of hydrogen-bond donors (Lipinski definition) is 3. The average Bonchev–Trinajstić information content (AvgIpc) is 2.88. The first-order valence-electron chi connectivity index (χ1n) is 5.67. The second-order valence-electron chi connectivity index (χ2n) is 3.84. The standard InChI is InChI=1S/C11H11N5O4/c17-9-7(2-1-3-12-9)10(18)13-4-5-16-6-8(11(19)20)14-15-16/h1-3,6H,4-5H2,(H,12,17)(H,13,18)(H,19,20). The molecule has 0 spiro atoms. The monoisotopic (exact) mass is 277 g/mol. The summed E-state index contributed by atoms with van der Waals surface area (Å²) in [5, 5.41) is 18.2. The number of aromatic nitrogens is 4. The number of amides is 1. The van der Waals surface area contributed by atoms with Gasteiger partial charge in [-0.3, -0.25) is 9.59 Å². The summed E-state index contributed by atoms with van der Waals surface area (Å²) in [7, 11) is 0. The van der Waals surface area contributed by atoms with Crippen LogP contribution in [0.4, 0.5) is 0 Å². The lowest BCUT2D eigenvalue weighted by Gasteiger charge is -2.03. The number of aromatic amines is 1. The summed E-state index contributed by atoms with van der Waals surface area (Å²) >= 11 is 0. The predicted octanol–water partition coefficient (Wildman–Crippen LogP) is -0.905. The molecule has 0 aliphatic carbocycles. The first kappa shape index (κ1) is 13.5. The number of carboxylic acid groups (broad SMARTS) is 1. The molecule has 9 heteroatoms.